The van der Waals surface area contributed by atoms with Crippen LogP contribution in [0.15, 0.2) is 4.79 Å². The van der Waals surface area contributed by atoms with E-state index in [4.69, 9.17) is 0 Å². The minimum Gasteiger partial charge on any atom is -0.245 e. The number of rotatable bonds is 1. The van der Waals surface area contributed by atoms with E-state index < -0.39 is 0 Å². The molecule has 1 aliphatic rings. The average molecular weight is 284 g/mol. The highest BCUT2D eigenvalue weighted by molar-refractivity contribution is 9.25. The maximum Gasteiger partial charge on any atom is 0.361 e. The quantitative estimate of drug-likeness (QED) is 0.759. The highest BCUT2D eigenvalue weighted by atomic mass is 79.9. The lowest BCUT2D eigenvalue weighted by Gasteiger charge is -1.95. The van der Waals surface area contributed by atoms with E-state index in [1.165, 1.54) is 4.68 Å². The summed E-state index contributed by atoms with van der Waals surface area (Å²) in [5.41, 5.74) is -0.268. The van der Waals surface area contributed by atoms with Gasteiger partial charge in [-0.15, -0.1) is 0 Å². The van der Waals surface area contributed by atoms with Gasteiger partial charge in [-0.05, 0) is 16.8 Å². The van der Waals surface area contributed by atoms with Gasteiger partial charge in [-0.2, -0.15) is 4.68 Å². The summed E-state index contributed by atoms with van der Waals surface area (Å²) in [5, 5.41) is 9.23. The van der Waals surface area contributed by atoms with Crippen LogP contribution < -0.4 is 5.69 Å². The first-order valence-corrected chi connectivity index (χ1v) is 4.57. The van der Waals surface area contributed by atoms with Gasteiger partial charge in [0.1, 0.15) is 3.23 Å². The Hall–Kier alpha value is -0.170. The highest BCUT2D eigenvalue weighted by Gasteiger charge is 2.53. The van der Waals surface area contributed by atoms with Crippen LogP contribution in [0.3, 0.4) is 0 Å². The maximum atomic E-state index is 10.9. The molecule has 0 amide bonds. The van der Waals surface area contributed by atoms with Crippen molar-refractivity contribution >= 4 is 31.9 Å². The Balaban J connectivity index is 2.34. The molecular formula is C4H4Br2N4O. The number of H-pyrrole nitrogens is 1. The van der Waals surface area contributed by atoms with Gasteiger partial charge < -0.3 is 0 Å². The third-order valence-corrected chi connectivity index (χ3v) is 3.29. The van der Waals surface area contributed by atoms with Crippen molar-refractivity contribution in [3.63, 3.8) is 0 Å². The lowest BCUT2D eigenvalue weighted by Crippen LogP contribution is -2.18. The summed E-state index contributed by atoms with van der Waals surface area (Å²) in [5.74, 6) is 0. The molecule has 1 N–H and O–H groups in total. The number of nitrogens with one attached hydrogen (secondary N) is 1. The van der Waals surface area contributed by atoms with Gasteiger partial charge in [-0.1, -0.05) is 31.9 Å². The first-order chi connectivity index (χ1) is 5.11. The number of tetrazole rings is 1. The number of nitrogens with zero attached hydrogens (tertiary/aromatic N) is 3. The van der Waals surface area contributed by atoms with Crippen LogP contribution in [-0.2, 0) is 0 Å². The van der Waals surface area contributed by atoms with Gasteiger partial charge in [-0.25, -0.2) is 9.89 Å². The van der Waals surface area contributed by atoms with Crippen molar-refractivity contribution in [2.45, 2.75) is 15.7 Å². The van der Waals surface area contributed by atoms with Crippen molar-refractivity contribution in [2.75, 3.05) is 0 Å². The lowest BCUT2D eigenvalue weighted by atomic mass is 10.7. The van der Waals surface area contributed by atoms with Gasteiger partial charge in [0, 0.05) is 0 Å². The van der Waals surface area contributed by atoms with Gasteiger partial charge in [0.05, 0.1) is 6.04 Å². The van der Waals surface area contributed by atoms with Crippen molar-refractivity contribution in [2.24, 2.45) is 0 Å². The molecule has 1 unspecified atom stereocenters. The molecule has 0 aliphatic heterocycles. The summed E-state index contributed by atoms with van der Waals surface area (Å²) in [7, 11) is 0. The molecule has 0 radical (unpaired) electrons. The van der Waals surface area contributed by atoms with E-state index in [1.54, 1.807) is 0 Å². The molecule has 0 spiro atoms. The summed E-state index contributed by atoms with van der Waals surface area (Å²) in [4.78, 5) is 10.9. The number of aromatic nitrogens is 4. The summed E-state index contributed by atoms with van der Waals surface area (Å²) in [6.07, 6.45) is 0.847. The molecule has 0 saturated heterocycles. The van der Waals surface area contributed by atoms with Crippen LogP contribution in [0.4, 0.5) is 0 Å². The zero-order valence-electron chi connectivity index (χ0n) is 5.29. The Bertz CT molecular complexity index is 329. The molecule has 2 rings (SSSR count). The summed E-state index contributed by atoms with van der Waals surface area (Å²) in [6.45, 7) is 0. The van der Waals surface area contributed by atoms with E-state index in [1.807, 2.05) is 0 Å². The molecule has 1 aliphatic carbocycles. The fraction of sp³-hybridized carbons (Fsp3) is 0.750. The molecule has 1 heterocycles. The summed E-state index contributed by atoms with van der Waals surface area (Å²) >= 11 is 6.77. The molecule has 60 valence electrons. The number of aromatic amines is 1. The molecule has 7 heteroatoms. The van der Waals surface area contributed by atoms with Gasteiger partial charge in [0.15, 0.2) is 0 Å². The third kappa shape index (κ3) is 1.16. The van der Waals surface area contributed by atoms with Gasteiger partial charge in [0.25, 0.3) is 0 Å². The van der Waals surface area contributed by atoms with Gasteiger partial charge in [-0.3, -0.25) is 0 Å². The molecule has 11 heavy (non-hydrogen) atoms. The molecule has 0 aromatic carbocycles. The smallest absolute Gasteiger partial charge is 0.245 e. The first kappa shape index (κ1) is 7.48. The lowest BCUT2D eigenvalue weighted by molar-refractivity contribution is 0.593. The van der Waals surface area contributed by atoms with Crippen molar-refractivity contribution in [1.82, 2.24) is 20.2 Å². The molecule has 1 aromatic heterocycles. The number of alkyl halides is 2. The van der Waals surface area contributed by atoms with E-state index in [0.29, 0.717) is 0 Å². The van der Waals surface area contributed by atoms with Crippen molar-refractivity contribution in [3.05, 3.63) is 10.5 Å². The topological polar surface area (TPSA) is 63.6 Å². The van der Waals surface area contributed by atoms with Gasteiger partial charge >= 0.3 is 5.69 Å². The molecule has 1 aromatic rings. The number of hydrogen-bond donors (Lipinski definition) is 1. The minimum absolute atomic E-state index is 0.0775. The Morgan fingerprint density at radius 2 is 2.36 bits per heavy atom. The Morgan fingerprint density at radius 1 is 1.73 bits per heavy atom. The predicted octanol–water partition coefficient (Wildman–Crippen LogP) is 0.397. The number of halogens is 2. The van der Waals surface area contributed by atoms with Crippen LogP contribution in [0.5, 0.6) is 0 Å². The molecule has 1 atom stereocenters. The maximum absolute atomic E-state index is 10.9. The zero-order valence-corrected chi connectivity index (χ0v) is 8.46. The predicted molar refractivity (Wildman–Crippen MR) is 44.9 cm³/mol. The monoisotopic (exact) mass is 282 g/mol. The second-order valence-electron chi connectivity index (χ2n) is 2.43. The largest absolute Gasteiger partial charge is 0.361 e. The minimum atomic E-state index is -0.268. The molecule has 0 bridgehead atoms. The molecule has 1 fully saturated rings. The summed E-state index contributed by atoms with van der Waals surface area (Å²) in [6, 6.07) is 0.0775. The Kier molecular flexibility index (Phi) is 1.47. The fourth-order valence-corrected chi connectivity index (χ4v) is 1.87. The number of hydrogen-bond acceptors (Lipinski definition) is 3. The van der Waals surface area contributed by atoms with E-state index in [2.05, 4.69) is 47.4 Å². The van der Waals surface area contributed by atoms with Crippen molar-refractivity contribution < 1.29 is 0 Å². The van der Waals surface area contributed by atoms with E-state index in [9.17, 15) is 4.79 Å². The van der Waals surface area contributed by atoms with Crippen LogP contribution in [0.25, 0.3) is 0 Å². The van der Waals surface area contributed by atoms with E-state index >= 15 is 0 Å². The Morgan fingerprint density at radius 3 is 2.73 bits per heavy atom. The normalized spacial score (nSPS) is 26.9. The highest BCUT2D eigenvalue weighted by Crippen LogP contribution is 2.58. The SMILES string of the molecule is O=c1[nH]nnn1C1CC1(Br)Br. The van der Waals surface area contributed by atoms with Crippen LogP contribution >= 0.6 is 31.9 Å². The molecule has 1 saturated carbocycles. The average Bonchev–Trinajstić information content (AvgIpc) is 2.38. The molecule has 5 nitrogen and oxygen atoms in total. The molecular weight excluding hydrogens is 280 g/mol. The third-order valence-electron chi connectivity index (χ3n) is 1.58. The van der Waals surface area contributed by atoms with Crippen LogP contribution in [0, 0.1) is 0 Å². The van der Waals surface area contributed by atoms with E-state index in [0.717, 1.165) is 6.42 Å². The Labute approximate surface area is 78.4 Å². The van der Waals surface area contributed by atoms with Crippen LogP contribution in [0.1, 0.15) is 12.5 Å². The first-order valence-electron chi connectivity index (χ1n) is 2.99. The standard InChI is InChI=1S/C4H4Br2N4O/c5-4(6)1-2(4)10-3(11)7-8-9-10/h2H,1H2,(H,7,9,11). The van der Waals surface area contributed by atoms with Gasteiger partial charge in [0.2, 0.25) is 0 Å². The fourth-order valence-electron chi connectivity index (χ4n) is 0.873. The van der Waals surface area contributed by atoms with E-state index in [-0.39, 0.29) is 15.0 Å². The van der Waals surface area contributed by atoms with Crippen LogP contribution in [-0.4, -0.2) is 23.4 Å². The zero-order chi connectivity index (χ0) is 8.06. The second kappa shape index (κ2) is 2.16. The van der Waals surface area contributed by atoms with Crippen LogP contribution in [0.2, 0.25) is 0 Å². The van der Waals surface area contributed by atoms with Crippen molar-refractivity contribution in [3.8, 4) is 0 Å². The van der Waals surface area contributed by atoms with Crippen molar-refractivity contribution in [1.29, 1.82) is 0 Å². The second-order valence-corrected chi connectivity index (χ2v) is 6.33. The summed E-state index contributed by atoms with van der Waals surface area (Å²) < 4.78 is 1.17.